The van der Waals surface area contributed by atoms with Gasteiger partial charge in [-0.15, -0.1) is 0 Å². The van der Waals surface area contributed by atoms with Crippen LogP contribution in [0.2, 0.25) is 5.02 Å². The summed E-state index contributed by atoms with van der Waals surface area (Å²) in [6.45, 7) is 7.93. The fourth-order valence-corrected chi connectivity index (χ4v) is 1.86. The number of hydrogen-bond acceptors (Lipinski definition) is 2. The van der Waals surface area contributed by atoms with E-state index in [-0.39, 0.29) is 0 Å². The van der Waals surface area contributed by atoms with Gasteiger partial charge in [-0.3, -0.25) is 9.98 Å². The zero-order valence-electron chi connectivity index (χ0n) is 11.0. The Kier molecular flexibility index (Phi) is 4.13. The first-order chi connectivity index (χ1) is 9.09. The van der Waals surface area contributed by atoms with Gasteiger partial charge >= 0.3 is 0 Å². The van der Waals surface area contributed by atoms with Crippen LogP contribution in [-0.4, -0.2) is 10.7 Å². The monoisotopic (exact) mass is 270 g/mol. The molecule has 0 aliphatic rings. The van der Waals surface area contributed by atoms with Gasteiger partial charge in [-0.1, -0.05) is 30.3 Å². The zero-order chi connectivity index (χ0) is 13.8. The maximum Gasteiger partial charge on any atom is 0.0714 e. The summed E-state index contributed by atoms with van der Waals surface area (Å²) in [5.74, 6) is 0. The average Bonchev–Trinajstić information content (AvgIpc) is 2.44. The van der Waals surface area contributed by atoms with Crippen molar-refractivity contribution in [3.63, 3.8) is 0 Å². The van der Waals surface area contributed by atoms with Gasteiger partial charge in [-0.05, 0) is 43.7 Å². The fourth-order valence-electron chi connectivity index (χ4n) is 1.69. The van der Waals surface area contributed by atoms with Crippen LogP contribution in [-0.2, 0) is 0 Å². The van der Waals surface area contributed by atoms with Crippen LogP contribution < -0.4 is 0 Å². The molecule has 0 aliphatic carbocycles. The van der Waals surface area contributed by atoms with Crippen LogP contribution in [0.3, 0.4) is 0 Å². The van der Waals surface area contributed by atoms with E-state index in [4.69, 9.17) is 11.6 Å². The van der Waals surface area contributed by atoms with E-state index >= 15 is 0 Å². The fraction of sp³-hybridized carbons (Fsp3) is 0.125. The Labute approximate surface area is 118 Å². The van der Waals surface area contributed by atoms with E-state index in [0.29, 0.717) is 0 Å². The predicted molar refractivity (Wildman–Crippen MR) is 82.2 cm³/mol. The first-order valence-corrected chi connectivity index (χ1v) is 6.38. The van der Waals surface area contributed by atoms with Crippen molar-refractivity contribution < 1.29 is 0 Å². The third kappa shape index (κ3) is 3.09. The molecule has 1 aromatic heterocycles. The van der Waals surface area contributed by atoms with E-state index in [0.717, 1.165) is 33.3 Å². The van der Waals surface area contributed by atoms with E-state index in [1.165, 1.54) is 0 Å². The summed E-state index contributed by atoms with van der Waals surface area (Å²) >= 11 is 6.09. The van der Waals surface area contributed by atoms with Gasteiger partial charge in [0.25, 0.3) is 0 Å². The van der Waals surface area contributed by atoms with Crippen molar-refractivity contribution in [1.29, 1.82) is 0 Å². The lowest BCUT2D eigenvalue weighted by atomic mass is 10.1. The Morgan fingerprint density at radius 1 is 1.21 bits per heavy atom. The van der Waals surface area contributed by atoms with E-state index in [9.17, 15) is 0 Å². The van der Waals surface area contributed by atoms with Gasteiger partial charge in [0.2, 0.25) is 0 Å². The number of aliphatic imine (C=N–C) groups is 1. The summed E-state index contributed by atoms with van der Waals surface area (Å²) in [4.78, 5) is 8.86. The summed E-state index contributed by atoms with van der Waals surface area (Å²) in [5.41, 5.74) is 4.33. The van der Waals surface area contributed by atoms with Gasteiger partial charge in [0.15, 0.2) is 0 Å². The number of pyridine rings is 1. The van der Waals surface area contributed by atoms with E-state index in [1.54, 1.807) is 6.20 Å². The quantitative estimate of drug-likeness (QED) is 0.732. The molecule has 0 unspecified atom stereocenters. The predicted octanol–water partition coefficient (Wildman–Crippen LogP) is 4.85. The number of hydrogen-bond donors (Lipinski definition) is 0. The molecule has 0 aliphatic heterocycles. The van der Waals surface area contributed by atoms with Crippen molar-refractivity contribution in [2.75, 3.05) is 0 Å². The second kappa shape index (κ2) is 5.81. The molecule has 0 bridgehead atoms. The Balaban J connectivity index is 2.34. The molecule has 2 aromatic rings. The number of allylic oxidation sites excluding steroid dienone is 1. The number of benzene rings is 1. The smallest absolute Gasteiger partial charge is 0.0714 e. The molecule has 1 aromatic carbocycles. The van der Waals surface area contributed by atoms with E-state index in [2.05, 4.69) is 16.6 Å². The van der Waals surface area contributed by atoms with Crippen molar-refractivity contribution in [3.8, 4) is 0 Å². The van der Waals surface area contributed by atoms with Crippen molar-refractivity contribution >= 4 is 28.6 Å². The molecule has 0 saturated carbocycles. The van der Waals surface area contributed by atoms with E-state index < -0.39 is 0 Å². The number of halogens is 1. The van der Waals surface area contributed by atoms with E-state index in [1.807, 2.05) is 50.2 Å². The van der Waals surface area contributed by atoms with Crippen molar-refractivity contribution in [2.45, 2.75) is 13.8 Å². The highest BCUT2D eigenvalue weighted by Gasteiger charge is 2.06. The van der Waals surface area contributed by atoms with Gasteiger partial charge in [-0.2, -0.15) is 0 Å². The summed E-state index contributed by atoms with van der Waals surface area (Å²) in [6.07, 6.45) is 1.75. The summed E-state index contributed by atoms with van der Waals surface area (Å²) < 4.78 is 0. The second-order valence-corrected chi connectivity index (χ2v) is 4.68. The minimum atomic E-state index is 0.720. The normalized spacial score (nSPS) is 11.4. The Bertz CT molecular complexity index is 630. The number of nitrogens with zero attached hydrogens (tertiary/aromatic N) is 2. The van der Waals surface area contributed by atoms with Crippen LogP contribution in [0.4, 0.5) is 5.69 Å². The minimum Gasteiger partial charge on any atom is -0.256 e. The van der Waals surface area contributed by atoms with Gasteiger partial charge in [-0.25, -0.2) is 0 Å². The van der Waals surface area contributed by atoms with Gasteiger partial charge in [0.1, 0.15) is 0 Å². The highest BCUT2D eigenvalue weighted by Crippen LogP contribution is 2.26. The Morgan fingerprint density at radius 3 is 2.68 bits per heavy atom. The Morgan fingerprint density at radius 2 is 2.00 bits per heavy atom. The highest BCUT2D eigenvalue weighted by atomic mass is 35.5. The van der Waals surface area contributed by atoms with Crippen LogP contribution in [0.5, 0.6) is 0 Å². The molecule has 3 heteroatoms. The number of rotatable bonds is 3. The minimum absolute atomic E-state index is 0.720. The molecule has 2 nitrogen and oxygen atoms in total. The molecule has 19 heavy (non-hydrogen) atoms. The third-order valence-corrected chi connectivity index (χ3v) is 3.35. The molecule has 1 heterocycles. The molecule has 0 amide bonds. The lowest BCUT2D eigenvalue weighted by molar-refractivity contribution is 1.28. The molecular formula is C16H15ClN2. The summed E-state index contributed by atoms with van der Waals surface area (Å²) in [5, 5.41) is 0.720. The van der Waals surface area contributed by atoms with Gasteiger partial charge in [0, 0.05) is 22.5 Å². The maximum absolute atomic E-state index is 6.09. The van der Waals surface area contributed by atoms with Crippen LogP contribution in [0, 0.1) is 6.92 Å². The first kappa shape index (κ1) is 13.5. The van der Waals surface area contributed by atoms with Crippen LogP contribution in [0.25, 0.3) is 5.57 Å². The molecule has 2 rings (SSSR count). The molecule has 0 atom stereocenters. The lowest BCUT2D eigenvalue weighted by Crippen LogP contribution is -1.97. The Hall–Kier alpha value is -1.93. The molecule has 0 saturated heterocycles. The highest BCUT2D eigenvalue weighted by molar-refractivity contribution is 6.31. The second-order valence-electron chi connectivity index (χ2n) is 4.27. The molecule has 0 spiro atoms. The van der Waals surface area contributed by atoms with Crippen molar-refractivity contribution in [2.24, 2.45) is 4.99 Å². The van der Waals surface area contributed by atoms with Crippen LogP contribution >= 0.6 is 11.6 Å². The first-order valence-electron chi connectivity index (χ1n) is 6.00. The van der Waals surface area contributed by atoms with Gasteiger partial charge < -0.3 is 0 Å². The van der Waals surface area contributed by atoms with Crippen molar-refractivity contribution in [1.82, 2.24) is 4.98 Å². The largest absolute Gasteiger partial charge is 0.256 e. The van der Waals surface area contributed by atoms with Crippen LogP contribution in [0.15, 0.2) is 54.2 Å². The summed E-state index contributed by atoms with van der Waals surface area (Å²) in [7, 11) is 0. The average molecular weight is 271 g/mol. The maximum atomic E-state index is 6.09. The lowest BCUT2D eigenvalue weighted by Gasteiger charge is -2.07. The summed E-state index contributed by atoms with van der Waals surface area (Å²) in [6, 6.07) is 11.4. The molecular weight excluding hydrogens is 256 g/mol. The standard InChI is InChI=1S/C16H15ClN2/c1-11(15-8-4-5-10-18-15)13(3)19-16-9-6-7-14(17)12(16)2/h4-10H,1H2,2-3H3/b19-13-. The third-order valence-electron chi connectivity index (χ3n) is 2.94. The zero-order valence-corrected chi connectivity index (χ0v) is 11.8. The number of aromatic nitrogens is 1. The van der Waals surface area contributed by atoms with Crippen molar-refractivity contribution in [3.05, 3.63) is 65.5 Å². The molecule has 96 valence electrons. The van der Waals surface area contributed by atoms with Gasteiger partial charge in [0.05, 0.1) is 11.4 Å². The molecule has 0 fully saturated rings. The topological polar surface area (TPSA) is 25.2 Å². The molecule has 0 radical (unpaired) electrons. The molecule has 0 N–H and O–H groups in total. The SMILES string of the molecule is C=C(/C(C)=N\c1cccc(Cl)c1C)c1ccccn1. The van der Waals surface area contributed by atoms with Crippen LogP contribution in [0.1, 0.15) is 18.2 Å².